The van der Waals surface area contributed by atoms with E-state index in [0.29, 0.717) is 22.4 Å². The van der Waals surface area contributed by atoms with Crippen molar-refractivity contribution in [1.29, 1.82) is 0 Å². The van der Waals surface area contributed by atoms with E-state index >= 15 is 0 Å². The number of hydrogen-bond acceptors (Lipinski definition) is 9. The summed E-state index contributed by atoms with van der Waals surface area (Å²) in [4.78, 5) is 52.4. The second kappa shape index (κ2) is 15.7. The zero-order valence-electron chi connectivity index (χ0n) is 23.6. The first kappa shape index (κ1) is 32.2. The molecular formula is C31H31N5O6S2. The average molecular weight is 634 g/mol. The Labute approximate surface area is 262 Å². The maximum absolute atomic E-state index is 13.9. The molecule has 11 nitrogen and oxygen atoms in total. The Hall–Kier alpha value is -4.72. The molecule has 0 radical (unpaired) electrons. The monoisotopic (exact) mass is 633 g/mol. The number of benzene rings is 3. The van der Waals surface area contributed by atoms with Gasteiger partial charge in [-0.1, -0.05) is 84.1 Å². The minimum atomic E-state index is -1.14. The van der Waals surface area contributed by atoms with Crippen LogP contribution in [0.25, 0.3) is 0 Å². The highest BCUT2D eigenvalue weighted by atomic mass is 32.1. The third-order valence-corrected chi connectivity index (χ3v) is 7.69. The average Bonchev–Trinajstić information content (AvgIpc) is 3.46. The van der Waals surface area contributed by atoms with Crippen molar-refractivity contribution in [2.24, 2.45) is 5.73 Å². The second-order valence-corrected chi connectivity index (χ2v) is 11.4. The van der Waals surface area contributed by atoms with Gasteiger partial charge in [-0.05, 0) is 54.2 Å². The number of nitrogens with zero attached hydrogens (tertiary/aromatic N) is 2. The lowest BCUT2D eigenvalue weighted by Crippen LogP contribution is -2.39. The number of aromatic nitrogens is 2. The number of aromatic amines is 1. The van der Waals surface area contributed by atoms with Crippen molar-refractivity contribution in [2.75, 3.05) is 11.4 Å². The fourth-order valence-corrected chi connectivity index (χ4v) is 5.36. The van der Waals surface area contributed by atoms with Crippen LogP contribution in [0.1, 0.15) is 39.9 Å². The van der Waals surface area contributed by atoms with Crippen molar-refractivity contribution in [1.82, 2.24) is 15.5 Å². The molecule has 0 saturated heterocycles. The summed E-state index contributed by atoms with van der Waals surface area (Å²) in [5.41, 5.74) is 9.02. The number of carbonyl (C=O) groups is 4. The zero-order chi connectivity index (χ0) is 31.5. The summed E-state index contributed by atoms with van der Waals surface area (Å²) in [6.07, 6.45) is -0.163. The van der Waals surface area contributed by atoms with E-state index in [4.69, 9.17) is 27.8 Å². The molecule has 0 fully saturated rings. The van der Waals surface area contributed by atoms with Gasteiger partial charge in [-0.3, -0.25) is 24.4 Å². The van der Waals surface area contributed by atoms with Crippen LogP contribution in [-0.2, 0) is 33.8 Å². The maximum Gasteiger partial charge on any atom is 0.407 e. The summed E-state index contributed by atoms with van der Waals surface area (Å²) in [6.45, 7) is -0.464. The van der Waals surface area contributed by atoms with Gasteiger partial charge < -0.3 is 20.9 Å². The molecule has 0 aliphatic heterocycles. The number of amides is 2. The highest BCUT2D eigenvalue weighted by Gasteiger charge is 2.30. The Kier molecular flexibility index (Phi) is 11.5. The number of nitrogens with one attached hydrogen (secondary N) is 2. The molecule has 1 heterocycles. The van der Waals surface area contributed by atoms with Gasteiger partial charge in [0.15, 0.2) is 9.74 Å². The van der Waals surface area contributed by atoms with Crippen LogP contribution in [0.2, 0.25) is 0 Å². The normalized spacial score (nSPS) is 11.4. The molecule has 3 aromatic carbocycles. The SMILES string of the molecule is N[C@@H](CCC(=O)O)C(=O)c1c(CCc2ccccc2)cccc1N(C(=O)CNC(=O)OCc1ccccc1)c1n[nH]c(=S)s1. The van der Waals surface area contributed by atoms with Gasteiger partial charge in [0, 0.05) is 12.0 Å². The van der Waals surface area contributed by atoms with Crippen LogP contribution < -0.4 is 16.0 Å². The predicted octanol–water partition coefficient (Wildman–Crippen LogP) is 4.95. The molecule has 0 unspecified atom stereocenters. The predicted molar refractivity (Wildman–Crippen MR) is 169 cm³/mol. The summed E-state index contributed by atoms with van der Waals surface area (Å²) in [7, 11) is 0. The summed E-state index contributed by atoms with van der Waals surface area (Å²) in [5.74, 6) is -2.21. The van der Waals surface area contributed by atoms with Gasteiger partial charge in [0.25, 0.3) is 5.91 Å². The van der Waals surface area contributed by atoms with Crippen LogP contribution in [0.5, 0.6) is 0 Å². The molecule has 228 valence electrons. The fraction of sp³-hybridized carbons (Fsp3) is 0.226. The summed E-state index contributed by atoms with van der Waals surface area (Å²) >= 11 is 6.22. The Balaban J connectivity index is 1.65. The van der Waals surface area contributed by atoms with Crippen LogP contribution in [0.15, 0.2) is 78.9 Å². The van der Waals surface area contributed by atoms with Crippen molar-refractivity contribution in [3.05, 3.63) is 105 Å². The minimum absolute atomic E-state index is 0.0155. The smallest absolute Gasteiger partial charge is 0.407 e. The van der Waals surface area contributed by atoms with Gasteiger partial charge >= 0.3 is 12.1 Å². The van der Waals surface area contributed by atoms with Gasteiger partial charge in [0.05, 0.1) is 11.7 Å². The van der Waals surface area contributed by atoms with E-state index in [9.17, 15) is 19.2 Å². The summed E-state index contributed by atoms with van der Waals surface area (Å²) < 4.78 is 5.52. The number of alkyl carbamates (subject to hydrolysis) is 1. The number of carboxylic acids is 1. The van der Waals surface area contributed by atoms with Crippen molar-refractivity contribution < 1.29 is 29.0 Å². The molecule has 2 amide bonds. The van der Waals surface area contributed by atoms with Crippen LogP contribution in [-0.4, -0.2) is 51.6 Å². The number of hydrogen-bond donors (Lipinski definition) is 4. The third-order valence-electron chi connectivity index (χ3n) is 6.61. The van der Waals surface area contributed by atoms with Crippen LogP contribution in [0.3, 0.4) is 0 Å². The van der Waals surface area contributed by atoms with Gasteiger partial charge in [-0.25, -0.2) is 4.79 Å². The molecule has 0 saturated carbocycles. The van der Waals surface area contributed by atoms with Gasteiger partial charge in [-0.2, -0.15) is 0 Å². The number of H-pyrrole nitrogens is 1. The molecule has 0 bridgehead atoms. The van der Waals surface area contributed by atoms with Crippen molar-refractivity contribution in [2.45, 2.75) is 38.3 Å². The first-order valence-corrected chi connectivity index (χ1v) is 15.0. The van der Waals surface area contributed by atoms with E-state index in [1.165, 1.54) is 4.90 Å². The number of aliphatic carboxylic acids is 1. The molecule has 44 heavy (non-hydrogen) atoms. The van der Waals surface area contributed by atoms with E-state index in [1.807, 2.05) is 48.5 Å². The lowest BCUT2D eigenvalue weighted by molar-refractivity contribution is -0.137. The number of anilines is 2. The molecule has 13 heteroatoms. The van der Waals surface area contributed by atoms with E-state index in [-0.39, 0.29) is 35.8 Å². The highest BCUT2D eigenvalue weighted by Crippen LogP contribution is 2.34. The lowest BCUT2D eigenvalue weighted by Gasteiger charge is -2.25. The minimum Gasteiger partial charge on any atom is -0.481 e. The first-order valence-electron chi connectivity index (χ1n) is 13.7. The molecule has 5 N–H and O–H groups in total. The number of ether oxygens (including phenoxy) is 1. The van der Waals surface area contributed by atoms with Gasteiger partial charge in [0.1, 0.15) is 13.2 Å². The number of Topliss-reactive ketones (excluding diaryl/α,β-unsaturated/α-hetero) is 1. The number of carbonyl (C=O) groups excluding carboxylic acids is 3. The molecule has 0 spiro atoms. The summed E-state index contributed by atoms with van der Waals surface area (Å²) in [5, 5.41) is 18.6. The Morgan fingerprint density at radius 3 is 2.30 bits per heavy atom. The fourth-order valence-electron chi connectivity index (χ4n) is 4.45. The number of carboxylic acid groups (broad SMARTS) is 1. The van der Waals surface area contributed by atoms with E-state index in [0.717, 1.165) is 22.5 Å². The number of ketones is 1. The molecule has 4 rings (SSSR count). The van der Waals surface area contributed by atoms with E-state index in [1.54, 1.807) is 30.3 Å². The number of aryl methyl sites for hydroxylation is 2. The van der Waals surface area contributed by atoms with Gasteiger partial charge in [-0.15, -0.1) is 5.10 Å². The molecule has 1 aromatic heterocycles. The Bertz CT molecular complexity index is 1660. The van der Waals surface area contributed by atoms with Gasteiger partial charge in [0.2, 0.25) is 5.13 Å². The molecular weight excluding hydrogens is 603 g/mol. The van der Waals surface area contributed by atoms with E-state index < -0.39 is 36.3 Å². The van der Waals surface area contributed by atoms with Crippen molar-refractivity contribution in [3.63, 3.8) is 0 Å². The molecule has 1 atom stereocenters. The number of nitrogens with two attached hydrogens (primary N) is 1. The standard InChI is InChI=1S/C31H31N5O6S2/c32-23(16-17-26(38)39)28(40)27-22(15-14-20-8-3-1-4-9-20)12-7-13-24(27)36(29-34-35-31(43)44-29)25(37)18-33-30(41)42-19-21-10-5-2-6-11-21/h1-13,23H,14-19,32H2,(H,33,41)(H,35,43)(H,38,39)/t23-/m0/s1. The molecule has 0 aliphatic carbocycles. The highest BCUT2D eigenvalue weighted by molar-refractivity contribution is 7.73. The quantitative estimate of drug-likeness (QED) is 0.111. The summed E-state index contributed by atoms with van der Waals surface area (Å²) in [6, 6.07) is 22.7. The van der Waals surface area contributed by atoms with Crippen molar-refractivity contribution >= 4 is 58.1 Å². The molecule has 4 aromatic rings. The van der Waals surface area contributed by atoms with Crippen LogP contribution in [0, 0.1) is 3.95 Å². The largest absolute Gasteiger partial charge is 0.481 e. The lowest BCUT2D eigenvalue weighted by atomic mass is 9.91. The number of rotatable bonds is 14. The maximum atomic E-state index is 13.9. The first-order chi connectivity index (χ1) is 21.2. The van der Waals surface area contributed by atoms with E-state index in [2.05, 4.69) is 15.5 Å². The zero-order valence-corrected chi connectivity index (χ0v) is 25.2. The second-order valence-electron chi connectivity index (χ2n) is 9.74. The van der Waals surface area contributed by atoms with Crippen molar-refractivity contribution in [3.8, 4) is 0 Å². The topological polar surface area (TPSA) is 168 Å². The molecule has 0 aliphatic rings. The van der Waals surface area contributed by atoms with Crippen LogP contribution in [0.4, 0.5) is 15.6 Å². The van der Waals surface area contributed by atoms with Crippen LogP contribution >= 0.6 is 23.6 Å². The third kappa shape index (κ3) is 8.89. The Morgan fingerprint density at radius 2 is 1.66 bits per heavy atom. The Morgan fingerprint density at radius 1 is 0.977 bits per heavy atom.